The van der Waals surface area contributed by atoms with Crippen LogP contribution in [-0.2, 0) is 0 Å². The van der Waals surface area contributed by atoms with Crippen molar-refractivity contribution in [2.75, 3.05) is 11.4 Å². The number of urea groups is 1. The highest BCUT2D eigenvalue weighted by molar-refractivity contribution is 5.93. The van der Waals surface area contributed by atoms with Gasteiger partial charge in [0.2, 0.25) is 0 Å². The van der Waals surface area contributed by atoms with Gasteiger partial charge in [-0.05, 0) is 31.9 Å². The predicted octanol–water partition coefficient (Wildman–Crippen LogP) is 2.01. The molecule has 4 nitrogen and oxygen atoms in total. The molecule has 1 heterocycles. The highest BCUT2D eigenvalue weighted by atomic mass is 16.2. The summed E-state index contributed by atoms with van der Waals surface area (Å²) < 4.78 is 0. The standard InChI is InChI=1S/C13H19N3O/c1-9(2)15-13(17)16-8-7-11(14)10-5-3-4-6-12(10)16/h3-6,9,11H,7-8,14H2,1-2H3,(H,15,17). The Kier molecular flexibility index (Phi) is 3.33. The molecule has 1 atom stereocenters. The van der Waals surface area contributed by atoms with E-state index in [1.807, 2.05) is 38.1 Å². The molecular formula is C13H19N3O. The average Bonchev–Trinajstić information content (AvgIpc) is 2.29. The van der Waals surface area contributed by atoms with Crippen LogP contribution in [0.5, 0.6) is 0 Å². The summed E-state index contributed by atoms with van der Waals surface area (Å²) in [6.07, 6.45) is 0.808. The number of carbonyl (C=O) groups is 1. The Morgan fingerprint density at radius 2 is 2.18 bits per heavy atom. The van der Waals surface area contributed by atoms with E-state index in [2.05, 4.69) is 5.32 Å². The number of nitrogens with zero attached hydrogens (tertiary/aromatic N) is 1. The zero-order valence-electron chi connectivity index (χ0n) is 10.3. The van der Waals surface area contributed by atoms with Crippen molar-refractivity contribution in [1.29, 1.82) is 0 Å². The van der Waals surface area contributed by atoms with Crippen LogP contribution in [-0.4, -0.2) is 18.6 Å². The van der Waals surface area contributed by atoms with Crippen LogP contribution in [0.2, 0.25) is 0 Å². The molecule has 1 aliphatic heterocycles. The van der Waals surface area contributed by atoms with Gasteiger partial charge in [-0.1, -0.05) is 18.2 Å². The van der Waals surface area contributed by atoms with Gasteiger partial charge in [-0.15, -0.1) is 0 Å². The van der Waals surface area contributed by atoms with Crippen LogP contribution >= 0.6 is 0 Å². The molecule has 1 aliphatic rings. The minimum Gasteiger partial charge on any atom is -0.336 e. The van der Waals surface area contributed by atoms with Crippen LogP contribution in [0.25, 0.3) is 0 Å². The third-order valence-corrected chi connectivity index (χ3v) is 2.95. The van der Waals surface area contributed by atoms with Crippen LogP contribution in [0.15, 0.2) is 24.3 Å². The first-order valence-corrected chi connectivity index (χ1v) is 6.02. The molecule has 0 spiro atoms. The van der Waals surface area contributed by atoms with Crippen LogP contribution < -0.4 is 16.0 Å². The highest BCUT2D eigenvalue weighted by Gasteiger charge is 2.26. The molecule has 1 aromatic carbocycles. The lowest BCUT2D eigenvalue weighted by atomic mass is 9.97. The van der Waals surface area contributed by atoms with Gasteiger partial charge in [0.15, 0.2) is 0 Å². The van der Waals surface area contributed by atoms with E-state index in [4.69, 9.17) is 5.73 Å². The Bertz CT molecular complexity index is 417. The van der Waals surface area contributed by atoms with Crippen molar-refractivity contribution >= 4 is 11.7 Å². The monoisotopic (exact) mass is 233 g/mol. The van der Waals surface area contributed by atoms with E-state index in [0.29, 0.717) is 6.54 Å². The maximum absolute atomic E-state index is 12.1. The fraction of sp³-hybridized carbons (Fsp3) is 0.462. The molecule has 0 aromatic heterocycles. The predicted molar refractivity (Wildman–Crippen MR) is 69.0 cm³/mol. The molecule has 0 radical (unpaired) electrons. The second kappa shape index (κ2) is 4.75. The maximum atomic E-state index is 12.1. The molecule has 0 aliphatic carbocycles. The van der Waals surface area contributed by atoms with E-state index in [1.165, 1.54) is 0 Å². The number of benzene rings is 1. The average molecular weight is 233 g/mol. The minimum atomic E-state index is -0.0423. The number of amides is 2. The summed E-state index contributed by atoms with van der Waals surface area (Å²) in [4.78, 5) is 13.8. The minimum absolute atomic E-state index is 0.0364. The molecule has 92 valence electrons. The number of fused-ring (bicyclic) bond motifs is 1. The largest absolute Gasteiger partial charge is 0.336 e. The van der Waals surface area contributed by atoms with E-state index in [9.17, 15) is 4.79 Å². The second-order valence-electron chi connectivity index (χ2n) is 4.71. The van der Waals surface area contributed by atoms with Gasteiger partial charge in [-0.2, -0.15) is 0 Å². The van der Waals surface area contributed by atoms with Crippen molar-refractivity contribution in [3.63, 3.8) is 0 Å². The van der Waals surface area contributed by atoms with Crippen LogP contribution in [0.3, 0.4) is 0 Å². The normalized spacial score (nSPS) is 19.1. The van der Waals surface area contributed by atoms with Gasteiger partial charge in [0.1, 0.15) is 0 Å². The molecule has 4 heteroatoms. The number of nitrogens with two attached hydrogens (primary N) is 1. The molecule has 1 unspecified atom stereocenters. The van der Waals surface area contributed by atoms with Crippen molar-refractivity contribution in [3.8, 4) is 0 Å². The lowest BCUT2D eigenvalue weighted by Gasteiger charge is -2.33. The van der Waals surface area contributed by atoms with Crippen LogP contribution in [0.1, 0.15) is 31.9 Å². The number of carbonyl (C=O) groups excluding carboxylic acids is 1. The van der Waals surface area contributed by atoms with Crippen molar-refractivity contribution < 1.29 is 4.79 Å². The quantitative estimate of drug-likeness (QED) is 0.779. The lowest BCUT2D eigenvalue weighted by molar-refractivity contribution is 0.243. The first kappa shape index (κ1) is 11.9. The van der Waals surface area contributed by atoms with E-state index < -0.39 is 0 Å². The van der Waals surface area contributed by atoms with Gasteiger partial charge in [0, 0.05) is 18.6 Å². The summed E-state index contributed by atoms with van der Waals surface area (Å²) in [7, 11) is 0. The van der Waals surface area contributed by atoms with Gasteiger partial charge >= 0.3 is 6.03 Å². The fourth-order valence-corrected chi connectivity index (χ4v) is 2.13. The van der Waals surface area contributed by atoms with Gasteiger partial charge in [0.05, 0.1) is 5.69 Å². The molecule has 17 heavy (non-hydrogen) atoms. The van der Waals surface area contributed by atoms with E-state index in [0.717, 1.165) is 17.7 Å². The Hall–Kier alpha value is -1.55. The molecule has 0 saturated carbocycles. The fourth-order valence-electron chi connectivity index (χ4n) is 2.13. The third-order valence-electron chi connectivity index (χ3n) is 2.95. The van der Waals surface area contributed by atoms with Crippen molar-refractivity contribution in [3.05, 3.63) is 29.8 Å². The van der Waals surface area contributed by atoms with Crippen molar-refractivity contribution in [2.45, 2.75) is 32.4 Å². The summed E-state index contributed by atoms with van der Waals surface area (Å²) in [6.45, 7) is 4.59. The molecule has 1 aromatic rings. The Labute approximate surface area is 102 Å². The zero-order chi connectivity index (χ0) is 12.4. The topological polar surface area (TPSA) is 58.4 Å². The molecule has 0 fully saturated rings. The number of para-hydroxylation sites is 1. The van der Waals surface area contributed by atoms with Crippen LogP contribution in [0.4, 0.5) is 10.5 Å². The number of nitrogens with one attached hydrogen (secondary N) is 1. The summed E-state index contributed by atoms with van der Waals surface area (Å²) in [5, 5.41) is 2.91. The lowest BCUT2D eigenvalue weighted by Crippen LogP contribution is -2.46. The molecule has 0 saturated heterocycles. The van der Waals surface area contributed by atoms with E-state index in [1.54, 1.807) is 4.90 Å². The van der Waals surface area contributed by atoms with Gasteiger partial charge in [-0.3, -0.25) is 4.90 Å². The molecule has 0 bridgehead atoms. The summed E-state index contributed by atoms with van der Waals surface area (Å²) >= 11 is 0. The summed E-state index contributed by atoms with van der Waals surface area (Å²) in [6, 6.07) is 7.98. The SMILES string of the molecule is CC(C)NC(=O)N1CCC(N)c2ccccc21. The third kappa shape index (κ3) is 2.42. The Morgan fingerprint density at radius 1 is 1.47 bits per heavy atom. The molecule has 2 rings (SSSR count). The molecule has 2 amide bonds. The molecule has 3 N–H and O–H groups in total. The number of rotatable bonds is 1. The van der Waals surface area contributed by atoms with Crippen molar-refractivity contribution in [2.24, 2.45) is 5.73 Å². The zero-order valence-corrected chi connectivity index (χ0v) is 10.3. The Balaban J connectivity index is 2.27. The highest BCUT2D eigenvalue weighted by Crippen LogP contribution is 2.31. The second-order valence-corrected chi connectivity index (χ2v) is 4.71. The van der Waals surface area contributed by atoms with E-state index >= 15 is 0 Å². The summed E-state index contributed by atoms with van der Waals surface area (Å²) in [5.41, 5.74) is 8.04. The molecular weight excluding hydrogens is 214 g/mol. The van der Waals surface area contributed by atoms with Gasteiger partial charge < -0.3 is 11.1 Å². The number of hydrogen-bond donors (Lipinski definition) is 2. The first-order chi connectivity index (χ1) is 8.09. The van der Waals surface area contributed by atoms with Crippen LogP contribution in [0, 0.1) is 0 Å². The van der Waals surface area contributed by atoms with E-state index in [-0.39, 0.29) is 18.1 Å². The smallest absolute Gasteiger partial charge is 0.322 e. The Morgan fingerprint density at radius 3 is 2.88 bits per heavy atom. The van der Waals surface area contributed by atoms with Gasteiger partial charge in [-0.25, -0.2) is 4.79 Å². The first-order valence-electron chi connectivity index (χ1n) is 6.02. The number of anilines is 1. The maximum Gasteiger partial charge on any atom is 0.322 e. The van der Waals surface area contributed by atoms with Gasteiger partial charge in [0.25, 0.3) is 0 Å². The van der Waals surface area contributed by atoms with Crippen molar-refractivity contribution in [1.82, 2.24) is 5.32 Å². The number of hydrogen-bond acceptors (Lipinski definition) is 2. The summed E-state index contributed by atoms with van der Waals surface area (Å²) in [5.74, 6) is 0.